The van der Waals surface area contributed by atoms with Crippen molar-refractivity contribution in [1.82, 2.24) is 5.32 Å². The van der Waals surface area contributed by atoms with E-state index in [1.807, 2.05) is 37.3 Å². The highest BCUT2D eigenvalue weighted by molar-refractivity contribution is 7.80. The highest BCUT2D eigenvalue weighted by atomic mass is 32.1. The van der Waals surface area contributed by atoms with Crippen molar-refractivity contribution >= 4 is 28.9 Å². The lowest BCUT2D eigenvalue weighted by atomic mass is 10.2. The van der Waals surface area contributed by atoms with Gasteiger partial charge in [-0.3, -0.25) is 10.1 Å². The third-order valence-electron chi connectivity index (χ3n) is 4.18. The average molecular weight is 415 g/mol. The molecule has 0 saturated heterocycles. The molecule has 156 valence electrons. The van der Waals surface area contributed by atoms with Gasteiger partial charge in [0.1, 0.15) is 11.5 Å². The molecule has 6 heteroatoms. The number of benzene rings is 2. The number of carbonyl (C=O) groups is 1. The van der Waals surface area contributed by atoms with Crippen LogP contribution in [-0.2, 0) is 0 Å². The molecule has 0 heterocycles. The Labute approximate surface area is 178 Å². The van der Waals surface area contributed by atoms with Crippen LogP contribution in [0.15, 0.2) is 48.5 Å². The summed E-state index contributed by atoms with van der Waals surface area (Å²) in [4.78, 5) is 12.6. The summed E-state index contributed by atoms with van der Waals surface area (Å²) in [6.07, 6.45) is 5.52. The second-order valence-electron chi connectivity index (χ2n) is 6.69. The van der Waals surface area contributed by atoms with Gasteiger partial charge in [-0.05, 0) is 49.3 Å². The number of carbonyl (C=O) groups excluding carboxylic acids is 1. The van der Waals surface area contributed by atoms with Crippen LogP contribution in [0.25, 0.3) is 0 Å². The molecule has 2 aromatic rings. The molecule has 2 N–H and O–H groups in total. The Hall–Kier alpha value is -2.60. The van der Waals surface area contributed by atoms with Crippen LogP contribution in [-0.4, -0.2) is 24.2 Å². The number of thiocarbonyl (C=S) groups is 1. The van der Waals surface area contributed by atoms with Crippen LogP contribution < -0.4 is 20.1 Å². The zero-order chi connectivity index (χ0) is 20.9. The predicted octanol–water partition coefficient (Wildman–Crippen LogP) is 5.56. The Kier molecular flexibility index (Phi) is 10.00. The maximum Gasteiger partial charge on any atom is 0.261 e. The summed E-state index contributed by atoms with van der Waals surface area (Å²) in [5, 5.41) is 5.97. The lowest BCUT2D eigenvalue weighted by Crippen LogP contribution is -2.34. The van der Waals surface area contributed by atoms with Gasteiger partial charge in [-0.15, -0.1) is 0 Å². The number of ether oxygens (including phenoxy) is 2. The Balaban J connectivity index is 1.89. The van der Waals surface area contributed by atoms with Crippen LogP contribution >= 0.6 is 12.2 Å². The first-order valence-corrected chi connectivity index (χ1v) is 10.6. The number of anilines is 1. The third kappa shape index (κ3) is 8.11. The summed E-state index contributed by atoms with van der Waals surface area (Å²) < 4.78 is 11.4. The topological polar surface area (TPSA) is 59.6 Å². The Morgan fingerprint density at radius 1 is 0.931 bits per heavy atom. The largest absolute Gasteiger partial charge is 0.494 e. The van der Waals surface area contributed by atoms with E-state index in [2.05, 4.69) is 17.6 Å². The molecule has 5 nitrogen and oxygen atoms in total. The number of hydrogen-bond acceptors (Lipinski definition) is 4. The second kappa shape index (κ2) is 12.8. The van der Waals surface area contributed by atoms with Gasteiger partial charge in [0.05, 0.1) is 18.8 Å². The molecule has 0 fully saturated rings. The molecule has 0 aliphatic carbocycles. The minimum Gasteiger partial charge on any atom is -0.494 e. The standard InChI is InChI=1S/C23H30N2O3S/c1-3-5-6-9-16-27-19-12-10-11-18(17-19)24-23(29)25-22(26)20-13-7-8-14-21(20)28-15-4-2/h7-8,10-14,17H,3-6,9,15-16H2,1-2H3,(H2,24,25,26,29). The first kappa shape index (κ1) is 22.7. The van der Waals surface area contributed by atoms with E-state index in [4.69, 9.17) is 21.7 Å². The highest BCUT2D eigenvalue weighted by Gasteiger charge is 2.13. The molecular formula is C23H30N2O3S. The molecule has 0 atom stereocenters. The van der Waals surface area contributed by atoms with Crippen LogP contribution in [0.1, 0.15) is 56.3 Å². The summed E-state index contributed by atoms with van der Waals surface area (Å²) in [6.45, 7) is 5.46. The normalized spacial score (nSPS) is 10.3. The van der Waals surface area contributed by atoms with Crippen LogP contribution in [0.3, 0.4) is 0 Å². The molecule has 2 aromatic carbocycles. The maximum absolute atomic E-state index is 12.6. The van der Waals surface area contributed by atoms with Gasteiger partial charge < -0.3 is 14.8 Å². The molecular weight excluding hydrogens is 384 g/mol. The molecule has 0 radical (unpaired) electrons. The van der Waals surface area contributed by atoms with E-state index in [1.165, 1.54) is 19.3 Å². The van der Waals surface area contributed by atoms with E-state index in [0.717, 1.165) is 24.3 Å². The fourth-order valence-corrected chi connectivity index (χ4v) is 2.92. The number of unbranched alkanes of at least 4 members (excludes halogenated alkanes) is 3. The van der Waals surface area contributed by atoms with Crippen molar-refractivity contribution in [2.24, 2.45) is 0 Å². The van der Waals surface area contributed by atoms with Crippen molar-refractivity contribution < 1.29 is 14.3 Å². The van der Waals surface area contributed by atoms with E-state index in [-0.39, 0.29) is 11.0 Å². The lowest BCUT2D eigenvalue weighted by Gasteiger charge is -2.13. The first-order valence-electron chi connectivity index (χ1n) is 10.2. The van der Waals surface area contributed by atoms with Gasteiger partial charge in [-0.2, -0.15) is 0 Å². The van der Waals surface area contributed by atoms with Crippen molar-refractivity contribution in [3.63, 3.8) is 0 Å². The van der Waals surface area contributed by atoms with Crippen molar-refractivity contribution in [2.75, 3.05) is 18.5 Å². The van der Waals surface area contributed by atoms with E-state index in [1.54, 1.807) is 18.2 Å². The van der Waals surface area contributed by atoms with Crippen molar-refractivity contribution in [3.8, 4) is 11.5 Å². The monoisotopic (exact) mass is 414 g/mol. The molecule has 0 aliphatic rings. The summed E-state index contributed by atoms with van der Waals surface area (Å²) in [7, 11) is 0. The molecule has 0 saturated carbocycles. The Bertz CT molecular complexity index is 795. The number of nitrogens with one attached hydrogen (secondary N) is 2. The van der Waals surface area contributed by atoms with E-state index in [9.17, 15) is 4.79 Å². The third-order valence-corrected chi connectivity index (χ3v) is 4.38. The van der Waals surface area contributed by atoms with E-state index >= 15 is 0 Å². The van der Waals surface area contributed by atoms with Gasteiger partial charge in [0.2, 0.25) is 0 Å². The summed E-state index contributed by atoms with van der Waals surface area (Å²) in [6, 6.07) is 14.7. The molecule has 1 amide bonds. The van der Waals surface area contributed by atoms with Crippen molar-refractivity contribution in [3.05, 3.63) is 54.1 Å². The van der Waals surface area contributed by atoms with Crippen LogP contribution in [0, 0.1) is 0 Å². The Morgan fingerprint density at radius 3 is 2.55 bits per heavy atom. The van der Waals surface area contributed by atoms with E-state index in [0.29, 0.717) is 24.5 Å². The first-order chi connectivity index (χ1) is 14.1. The second-order valence-corrected chi connectivity index (χ2v) is 7.10. The van der Waals surface area contributed by atoms with Crippen molar-refractivity contribution in [2.45, 2.75) is 46.0 Å². The van der Waals surface area contributed by atoms with Gasteiger partial charge in [-0.25, -0.2) is 0 Å². The zero-order valence-electron chi connectivity index (χ0n) is 17.2. The molecule has 0 aromatic heterocycles. The summed E-state index contributed by atoms with van der Waals surface area (Å²) >= 11 is 5.30. The number of hydrogen-bond donors (Lipinski definition) is 2. The van der Waals surface area contributed by atoms with Gasteiger partial charge in [0, 0.05) is 11.8 Å². The van der Waals surface area contributed by atoms with Crippen LogP contribution in [0.4, 0.5) is 5.69 Å². The molecule has 0 unspecified atom stereocenters. The predicted molar refractivity (Wildman–Crippen MR) is 122 cm³/mol. The van der Waals surface area contributed by atoms with E-state index < -0.39 is 0 Å². The van der Waals surface area contributed by atoms with Crippen molar-refractivity contribution in [1.29, 1.82) is 0 Å². The number of para-hydroxylation sites is 1. The molecule has 2 rings (SSSR count). The molecule has 0 aliphatic heterocycles. The quantitative estimate of drug-likeness (QED) is 0.372. The molecule has 29 heavy (non-hydrogen) atoms. The molecule has 0 bridgehead atoms. The smallest absolute Gasteiger partial charge is 0.261 e. The van der Waals surface area contributed by atoms with Gasteiger partial charge in [0.25, 0.3) is 5.91 Å². The lowest BCUT2D eigenvalue weighted by molar-refractivity contribution is 0.0973. The minimum absolute atomic E-state index is 0.223. The number of rotatable bonds is 11. The Morgan fingerprint density at radius 2 is 1.76 bits per heavy atom. The van der Waals surface area contributed by atoms with Crippen LogP contribution in [0.2, 0.25) is 0 Å². The summed E-state index contributed by atoms with van der Waals surface area (Å²) in [5.74, 6) is 1.02. The average Bonchev–Trinajstić information content (AvgIpc) is 2.72. The van der Waals surface area contributed by atoms with Gasteiger partial charge >= 0.3 is 0 Å². The zero-order valence-corrected chi connectivity index (χ0v) is 18.0. The minimum atomic E-state index is -0.308. The SMILES string of the molecule is CCCCCCOc1cccc(NC(=S)NC(=O)c2ccccc2OCCC)c1. The fourth-order valence-electron chi connectivity index (χ4n) is 2.71. The van der Waals surface area contributed by atoms with Crippen LogP contribution in [0.5, 0.6) is 11.5 Å². The fraction of sp³-hybridized carbons (Fsp3) is 0.391. The van der Waals surface area contributed by atoms with Gasteiger partial charge in [0.15, 0.2) is 5.11 Å². The maximum atomic E-state index is 12.6. The number of amides is 1. The summed E-state index contributed by atoms with van der Waals surface area (Å²) in [5.41, 5.74) is 1.21. The highest BCUT2D eigenvalue weighted by Crippen LogP contribution is 2.19. The molecule has 0 spiro atoms. The van der Waals surface area contributed by atoms with Gasteiger partial charge in [-0.1, -0.05) is 51.3 Å².